The van der Waals surface area contributed by atoms with Crippen molar-refractivity contribution >= 4 is 27.8 Å². The van der Waals surface area contributed by atoms with Crippen LogP contribution in [0.4, 0.5) is 0 Å². The minimum atomic E-state index is -0.826. The zero-order valence-corrected chi connectivity index (χ0v) is 19.5. The molecule has 0 saturated heterocycles. The van der Waals surface area contributed by atoms with Crippen LogP contribution >= 0.6 is 17.0 Å². The van der Waals surface area contributed by atoms with E-state index in [9.17, 15) is 0 Å². The van der Waals surface area contributed by atoms with Crippen molar-refractivity contribution in [2.75, 3.05) is 0 Å². The van der Waals surface area contributed by atoms with E-state index in [2.05, 4.69) is 81.5 Å². The molecule has 3 aromatic carbocycles. The van der Waals surface area contributed by atoms with Crippen molar-refractivity contribution in [3.8, 4) is 0 Å². The Balaban J connectivity index is 0.000000168. The Hall–Kier alpha value is -0.747. The van der Waals surface area contributed by atoms with Gasteiger partial charge in [-0.2, -0.15) is 40.5 Å². The second kappa shape index (κ2) is 11.2. The normalized spacial score (nSPS) is 11.1. The first kappa shape index (κ1) is 21.6. The molecule has 0 unspecified atom stereocenters. The number of fused-ring (bicyclic) bond motifs is 3. The summed E-state index contributed by atoms with van der Waals surface area (Å²) in [6.07, 6.45) is 8.95. The fraction of sp³-hybridized carbons (Fsp3) is 0.261. The zero-order valence-electron chi connectivity index (χ0n) is 15.6. The Kier molecular flexibility index (Phi) is 9.26. The van der Waals surface area contributed by atoms with Gasteiger partial charge in [0.2, 0.25) is 0 Å². The second-order valence-corrected chi connectivity index (χ2v) is 10.2. The Morgan fingerprint density at radius 3 is 2.54 bits per heavy atom. The summed E-state index contributed by atoms with van der Waals surface area (Å²) in [7, 11) is 9.87. The van der Waals surface area contributed by atoms with E-state index in [0.29, 0.717) is 0 Å². The molecule has 0 N–H and O–H groups in total. The van der Waals surface area contributed by atoms with Crippen LogP contribution in [-0.2, 0) is 33.7 Å². The molecule has 0 aromatic heterocycles. The van der Waals surface area contributed by atoms with Crippen LogP contribution in [0.2, 0.25) is 0 Å². The minimum absolute atomic E-state index is 0.826. The first-order chi connectivity index (χ1) is 12.6. The summed E-state index contributed by atoms with van der Waals surface area (Å²) in [5.74, 6) is 0. The molecule has 0 heterocycles. The SMILES string of the molecule is CCCc1cc(C)[c-](C)c1.[C-]1=CCc2ccc3ccccc3c21.[Cl][Zr+2][Cl]. The van der Waals surface area contributed by atoms with Gasteiger partial charge in [0, 0.05) is 0 Å². The van der Waals surface area contributed by atoms with Gasteiger partial charge in [-0.25, -0.2) is 6.07 Å². The van der Waals surface area contributed by atoms with Gasteiger partial charge in [0.25, 0.3) is 0 Å². The Morgan fingerprint density at radius 2 is 1.88 bits per heavy atom. The Morgan fingerprint density at radius 1 is 1.15 bits per heavy atom. The summed E-state index contributed by atoms with van der Waals surface area (Å²) in [5, 5.41) is 2.64. The fourth-order valence-corrected chi connectivity index (χ4v) is 3.18. The van der Waals surface area contributed by atoms with E-state index in [4.69, 9.17) is 17.0 Å². The van der Waals surface area contributed by atoms with Crippen LogP contribution in [0.3, 0.4) is 0 Å². The molecule has 0 nitrogen and oxygen atoms in total. The van der Waals surface area contributed by atoms with Crippen molar-refractivity contribution in [2.45, 2.75) is 40.0 Å². The molecule has 3 aromatic rings. The molecule has 0 fully saturated rings. The van der Waals surface area contributed by atoms with E-state index < -0.39 is 20.8 Å². The van der Waals surface area contributed by atoms with Crippen LogP contribution in [0.25, 0.3) is 10.8 Å². The molecular formula is C23H24Cl2Zr. The third kappa shape index (κ3) is 5.88. The molecule has 0 amide bonds. The molecule has 26 heavy (non-hydrogen) atoms. The van der Waals surface area contributed by atoms with E-state index in [1.807, 2.05) is 0 Å². The molecule has 0 radical (unpaired) electrons. The second-order valence-electron chi connectivity index (χ2n) is 6.42. The number of rotatable bonds is 2. The van der Waals surface area contributed by atoms with Gasteiger partial charge in [-0.3, -0.25) is 0 Å². The summed E-state index contributed by atoms with van der Waals surface area (Å²) >= 11 is -0.826. The monoisotopic (exact) mass is 460 g/mol. The number of hydrogen-bond acceptors (Lipinski definition) is 0. The third-order valence-electron chi connectivity index (χ3n) is 4.55. The predicted octanol–water partition coefficient (Wildman–Crippen LogP) is 7.45. The van der Waals surface area contributed by atoms with E-state index >= 15 is 0 Å². The third-order valence-corrected chi connectivity index (χ3v) is 4.55. The average Bonchev–Trinajstić information content (AvgIpc) is 3.23. The zero-order chi connectivity index (χ0) is 18.9. The van der Waals surface area contributed by atoms with Crippen molar-refractivity contribution in [1.82, 2.24) is 0 Å². The van der Waals surface area contributed by atoms with Crippen LogP contribution in [0, 0.1) is 19.9 Å². The van der Waals surface area contributed by atoms with Crippen LogP contribution < -0.4 is 0 Å². The van der Waals surface area contributed by atoms with Crippen molar-refractivity contribution in [2.24, 2.45) is 0 Å². The maximum absolute atomic E-state index is 4.93. The van der Waals surface area contributed by atoms with Crippen molar-refractivity contribution < 1.29 is 20.8 Å². The first-order valence-corrected chi connectivity index (χ1v) is 15.2. The molecule has 0 atom stereocenters. The first-order valence-electron chi connectivity index (χ1n) is 8.88. The van der Waals surface area contributed by atoms with Gasteiger partial charge in [0.05, 0.1) is 0 Å². The molecular weight excluding hydrogens is 438 g/mol. The van der Waals surface area contributed by atoms with E-state index in [-0.39, 0.29) is 0 Å². The van der Waals surface area contributed by atoms with Crippen LogP contribution in [0.5, 0.6) is 0 Å². The Bertz CT molecular complexity index is 842. The summed E-state index contributed by atoms with van der Waals surface area (Å²) in [6, 6.07) is 17.5. The topological polar surface area (TPSA) is 0 Å². The quantitative estimate of drug-likeness (QED) is 0.347. The molecule has 0 saturated carbocycles. The van der Waals surface area contributed by atoms with E-state index in [1.165, 1.54) is 51.4 Å². The van der Waals surface area contributed by atoms with Gasteiger partial charge >= 0.3 is 37.9 Å². The average molecular weight is 463 g/mol. The number of halogens is 2. The number of aryl methyl sites for hydroxylation is 3. The van der Waals surface area contributed by atoms with Gasteiger partial charge in [-0.05, 0) is 0 Å². The molecule has 0 aliphatic heterocycles. The molecule has 0 spiro atoms. The molecule has 4 rings (SSSR count). The van der Waals surface area contributed by atoms with E-state index in [0.717, 1.165) is 6.42 Å². The van der Waals surface area contributed by atoms with Crippen LogP contribution in [0.15, 0.2) is 54.6 Å². The molecule has 1 aliphatic carbocycles. The Labute approximate surface area is 176 Å². The van der Waals surface area contributed by atoms with E-state index in [1.54, 1.807) is 0 Å². The number of hydrogen-bond donors (Lipinski definition) is 0. The van der Waals surface area contributed by atoms with Crippen LogP contribution in [0.1, 0.15) is 41.2 Å². The van der Waals surface area contributed by atoms with Crippen LogP contribution in [-0.4, -0.2) is 0 Å². The summed E-state index contributed by atoms with van der Waals surface area (Å²) in [4.78, 5) is 0. The molecule has 3 heteroatoms. The summed E-state index contributed by atoms with van der Waals surface area (Å²) in [5.41, 5.74) is 7.06. The van der Waals surface area contributed by atoms with Crippen molar-refractivity contribution in [3.05, 3.63) is 88.5 Å². The van der Waals surface area contributed by atoms with Gasteiger partial charge in [0.1, 0.15) is 0 Å². The summed E-state index contributed by atoms with van der Waals surface area (Å²) < 4.78 is 0. The molecule has 134 valence electrons. The van der Waals surface area contributed by atoms with Gasteiger partial charge < -0.3 is 0 Å². The number of benzene rings is 2. The van der Waals surface area contributed by atoms with Crippen molar-refractivity contribution in [1.29, 1.82) is 0 Å². The molecule has 1 aliphatic rings. The van der Waals surface area contributed by atoms with Gasteiger partial charge in [0.15, 0.2) is 0 Å². The molecule has 0 bridgehead atoms. The van der Waals surface area contributed by atoms with Gasteiger partial charge in [-0.1, -0.05) is 69.7 Å². The fourth-order valence-electron chi connectivity index (χ4n) is 3.18. The van der Waals surface area contributed by atoms with Crippen molar-refractivity contribution in [3.63, 3.8) is 0 Å². The maximum atomic E-state index is 4.93. The van der Waals surface area contributed by atoms with Gasteiger partial charge in [-0.15, -0.1) is 23.1 Å². The summed E-state index contributed by atoms with van der Waals surface area (Å²) in [6.45, 7) is 6.57. The predicted molar refractivity (Wildman–Crippen MR) is 112 cm³/mol. The number of allylic oxidation sites excluding steroid dienone is 1. The standard InChI is InChI=1S/C13H9.C10H15.2ClH.Zr/c1-2-6-12-10(4-1)8-9-11-5-3-7-13(11)12;1-4-5-10-6-8(2)9(3)7-10;;;/h1-4,6,8-9H,5H2;6-7H,4-5H2,1-3H3;2*1H;/q2*-1;;;+4/p-2.